The van der Waals surface area contributed by atoms with E-state index in [1.54, 1.807) is 44.8 Å². The Balaban J connectivity index is 1.86. The van der Waals surface area contributed by atoms with Gasteiger partial charge in [-0.05, 0) is 24.6 Å². The maximum atomic E-state index is 6.25. The molecule has 1 N–H and O–H groups in total. The first kappa shape index (κ1) is 20.3. The van der Waals surface area contributed by atoms with E-state index in [2.05, 4.69) is 20.7 Å². The lowest BCUT2D eigenvalue weighted by molar-refractivity contribution is 0.405. The van der Waals surface area contributed by atoms with Crippen molar-refractivity contribution in [2.75, 3.05) is 26.6 Å². The summed E-state index contributed by atoms with van der Waals surface area (Å²) in [5.74, 6) is 3.30. The fraction of sp³-hybridized carbons (Fsp3) is 0.182. The Morgan fingerprint density at radius 2 is 1.67 bits per heavy atom. The molecule has 0 fully saturated rings. The number of thiophene rings is 1. The number of halogens is 1. The zero-order valence-electron chi connectivity index (χ0n) is 16.9. The third-order valence-electron chi connectivity index (χ3n) is 4.67. The summed E-state index contributed by atoms with van der Waals surface area (Å²) < 4.78 is 16.1. The number of rotatable bonds is 6. The van der Waals surface area contributed by atoms with Crippen molar-refractivity contribution in [1.29, 1.82) is 0 Å². The van der Waals surface area contributed by atoms with Crippen LogP contribution in [-0.4, -0.2) is 31.3 Å². The average molecular weight is 442 g/mol. The van der Waals surface area contributed by atoms with Gasteiger partial charge in [-0.1, -0.05) is 23.7 Å². The maximum absolute atomic E-state index is 6.25. The van der Waals surface area contributed by atoms with Crippen molar-refractivity contribution in [2.45, 2.75) is 6.92 Å². The summed E-state index contributed by atoms with van der Waals surface area (Å²) in [6.07, 6.45) is 0. The molecule has 2 heterocycles. The number of aromatic nitrogens is 2. The second-order valence-corrected chi connectivity index (χ2v) is 7.75. The van der Waals surface area contributed by atoms with Crippen LogP contribution in [0, 0.1) is 6.92 Å². The van der Waals surface area contributed by atoms with Crippen LogP contribution in [0.2, 0.25) is 5.02 Å². The van der Waals surface area contributed by atoms with E-state index < -0.39 is 0 Å². The Labute approximate surface area is 183 Å². The highest BCUT2D eigenvalue weighted by atomic mass is 35.5. The molecule has 0 atom stereocenters. The van der Waals surface area contributed by atoms with Gasteiger partial charge in [0.25, 0.3) is 0 Å². The van der Waals surface area contributed by atoms with E-state index in [9.17, 15) is 0 Å². The molecule has 8 heteroatoms. The molecule has 2 aromatic carbocycles. The number of ether oxygens (including phenoxy) is 3. The lowest BCUT2D eigenvalue weighted by atomic mass is 10.1. The lowest BCUT2D eigenvalue weighted by Crippen LogP contribution is -2.01. The van der Waals surface area contributed by atoms with Crippen molar-refractivity contribution in [3.05, 3.63) is 52.6 Å². The van der Waals surface area contributed by atoms with Gasteiger partial charge in [0.15, 0.2) is 0 Å². The highest BCUT2D eigenvalue weighted by molar-refractivity contribution is 7.17. The minimum atomic E-state index is 0.471. The predicted octanol–water partition coefficient (Wildman–Crippen LogP) is 6.09. The lowest BCUT2D eigenvalue weighted by Gasteiger charge is -2.15. The molecule has 0 radical (unpaired) electrons. The summed E-state index contributed by atoms with van der Waals surface area (Å²) in [6, 6.07) is 11.4. The monoisotopic (exact) mass is 441 g/mol. The van der Waals surface area contributed by atoms with Gasteiger partial charge in [-0.3, -0.25) is 0 Å². The van der Waals surface area contributed by atoms with Crippen LogP contribution in [0.5, 0.6) is 17.2 Å². The van der Waals surface area contributed by atoms with Gasteiger partial charge in [0.1, 0.15) is 33.7 Å². The van der Waals surface area contributed by atoms with Crippen LogP contribution in [0.3, 0.4) is 0 Å². The molecule has 30 heavy (non-hydrogen) atoms. The number of aryl methyl sites for hydroxylation is 1. The third kappa shape index (κ3) is 3.74. The summed E-state index contributed by atoms with van der Waals surface area (Å²) >= 11 is 7.83. The molecule has 6 nitrogen and oxygen atoms in total. The van der Waals surface area contributed by atoms with Crippen molar-refractivity contribution in [3.8, 4) is 28.4 Å². The maximum Gasteiger partial charge on any atom is 0.144 e. The van der Waals surface area contributed by atoms with Gasteiger partial charge >= 0.3 is 0 Å². The van der Waals surface area contributed by atoms with Crippen LogP contribution in [0.1, 0.15) is 5.82 Å². The number of anilines is 2. The van der Waals surface area contributed by atoms with E-state index in [0.29, 0.717) is 33.9 Å². The third-order valence-corrected chi connectivity index (χ3v) is 5.84. The van der Waals surface area contributed by atoms with Gasteiger partial charge in [0.05, 0.1) is 37.4 Å². The quantitative estimate of drug-likeness (QED) is 0.390. The molecule has 4 aromatic rings. The number of nitrogens with zero attached hydrogens (tertiary/aromatic N) is 2. The van der Waals surface area contributed by atoms with Crippen LogP contribution in [0.25, 0.3) is 21.3 Å². The van der Waals surface area contributed by atoms with Gasteiger partial charge in [-0.15, -0.1) is 11.3 Å². The van der Waals surface area contributed by atoms with Crippen molar-refractivity contribution in [3.63, 3.8) is 0 Å². The van der Waals surface area contributed by atoms with Crippen molar-refractivity contribution < 1.29 is 14.2 Å². The van der Waals surface area contributed by atoms with Crippen molar-refractivity contribution in [2.24, 2.45) is 0 Å². The van der Waals surface area contributed by atoms with Crippen LogP contribution >= 0.6 is 22.9 Å². The van der Waals surface area contributed by atoms with Crippen LogP contribution < -0.4 is 19.5 Å². The van der Waals surface area contributed by atoms with Gasteiger partial charge in [0, 0.05) is 23.1 Å². The highest BCUT2D eigenvalue weighted by Gasteiger charge is 2.17. The minimum absolute atomic E-state index is 0.471. The first-order chi connectivity index (χ1) is 14.5. The summed E-state index contributed by atoms with van der Waals surface area (Å²) in [4.78, 5) is 10.2. The number of methoxy groups -OCH3 is 3. The van der Waals surface area contributed by atoms with Crippen molar-refractivity contribution >= 4 is 44.7 Å². The number of benzene rings is 2. The normalized spacial score (nSPS) is 10.8. The molecule has 0 unspecified atom stereocenters. The summed E-state index contributed by atoms with van der Waals surface area (Å²) in [6.45, 7) is 1.87. The molecular formula is C22H20ClN3O3S. The molecule has 2 aromatic heterocycles. The van der Waals surface area contributed by atoms with Crippen molar-refractivity contribution in [1.82, 2.24) is 9.97 Å². The van der Waals surface area contributed by atoms with E-state index in [1.807, 2.05) is 31.2 Å². The predicted molar refractivity (Wildman–Crippen MR) is 122 cm³/mol. The molecule has 0 bridgehead atoms. The highest BCUT2D eigenvalue weighted by Crippen LogP contribution is 2.41. The molecule has 154 valence electrons. The van der Waals surface area contributed by atoms with Gasteiger partial charge in [-0.2, -0.15) is 0 Å². The molecule has 0 aliphatic heterocycles. The number of hydrogen-bond donors (Lipinski definition) is 1. The van der Waals surface area contributed by atoms with Crippen LogP contribution in [0.4, 0.5) is 11.5 Å². The fourth-order valence-corrected chi connectivity index (χ4v) is 4.43. The smallest absolute Gasteiger partial charge is 0.144 e. The molecule has 0 aliphatic rings. The summed E-state index contributed by atoms with van der Waals surface area (Å²) in [7, 11) is 4.82. The van der Waals surface area contributed by atoms with E-state index in [1.165, 1.54) is 0 Å². The van der Waals surface area contributed by atoms with Crippen LogP contribution in [-0.2, 0) is 0 Å². The largest absolute Gasteiger partial charge is 0.497 e. The Morgan fingerprint density at radius 3 is 2.33 bits per heavy atom. The SMILES string of the molecule is COc1ccc(-c2csc3nc(C)nc(Nc4cc(OC)c(Cl)cc4OC)c23)cc1. The molecular weight excluding hydrogens is 422 g/mol. The number of fused-ring (bicyclic) bond motifs is 1. The topological polar surface area (TPSA) is 65.5 Å². The van der Waals surface area contributed by atoms with Gasteiger partial charge < -0.3 is 19.5 Å². The number of hydrogen-bond acceptors (Lipinski definition) is 7. The van der Waals surface area contributed by atoms with E-state index >= 15 is 0 Å². The minimum Gasteiger partial charge on any atom is -0.497 e. The first-order valence-electron chi connectivity index (χ1n) is 9.13. The zero-order chi connectivity index (χ0) is 21.3. The van der Waals surface area contributed by atoms with E-state index in [4.69, 9.17) is 25.8 Å². The zero-order valence-corrected chi connectivity index (χ0v) is 18.5. The summed E-state index contributed by atoms with van der Waals surface area (Å²) in [5, 5.41) is 6.89. The Kier molecular flexibility index (Phi) is 5.65. The first-order valence-corrected chi connectivity index (χ1v) is 10.4. The number of nitrogens with one attached hydrogen (secondary N) is 1. The van der Waals surface area contributed by atoms with E-state index in [0.717, 1.165) is 27.1 Å². The second-order valence-electron chi connectivity index (χ2n) is 6.49. The Bertz CT molecular complexity index is 1210. The molecule has 0 saturated carbocycles. The standard InChI is InChI=1S/C22H20ClN3O3S/c1-12-24-21(26-17-10-18(28-3)16(23)9-19(17)29-4)20-15(11-30-22(20)25-12)13-5-7-14(27-2)8-6-13/h5-11H,1-4H3,(H,24,25,26). The average Bonchev–Trinajstić information content (AvgIpc) is 3.18. The Morgan fingerprint density at radius 1 is 0.933 bits per heavy atom. The molecule has 0 aliphatic carbocycles. The van der Waals surface area contributed by atoms with Gasteiger partial charge in [0.2, 0.25) is 0 Å². The Hall–Kier alpha value is -3.03. The summed E-state index contributed by atoms with van der Waals surface area (Å²) in [5.41, 5.74) is 2.79. The van der Waals surface area contributed by atoms with Gasteiger partial charge in [-0.25, -0.2) is 9.97 Å². The molecule has 0 saturated heterocycles. The molecule has 4 rings (SSSR count). The van der Waals surface area contributed by atoms with Crippen LogP contribution in [0.15, 0.2) is 41.8 Å². The molecule has 0 amide bonds. The molecule has 0 spiro atoms. The fourth-order valence-electron chi connectivity index (χ4n) is 3.21. The second kappa shape index (κ2) is 8.38. The van der Waals surface area contributed by atoms with E-state index in [-0.39, 0.29) is 0 Å².